The molecule has 2 aliphatic rings. The normalized spacial score (nSPS) is 22.1. The Kier molecular flexibility index (Phi) is 4.32. The predicted octanol–water partition coefficient (Wildman–Crippen LogP) is 1.14. The molecule has 2 fully saturated rings. The molecule has 1 saturated heterocycles. The highest BCUT2D eigenvalue weighted by molar-refractivity contribution is 5.90. The first-order valence-corrected chi connectivity index (χ1v) is 7.47. The van der Waals surface area contributed by atoms with E-state index in [1.165, 1.54) is 12.8 Å². The van der Waals surface area contributed by atoms with Gasteiger partial charge in [-0.05, 0) is 25.7 Å². The number of anilines is 1. The number of aromatic nitrogens is 2. The SMILES string of the molecule is O=C(CCNC1CC1)Nc1cnn(CC2CCCO2)c1. The van der Waals surface area contributed by atoms with Crippen LogP contribution in [-0.4, -0.2) is 41.0 Å². The molecule has 1 aromatic rings. The van der Waals surface area contributed by atoms with Gasteiger partial charge in [0.05, 0.1) is 24.5 Å². The molecule has 2 N–H and O–H groups in total. The van der Waals surface area contributed by atoms with Crippen molar-refractivity contribution in [2.75, 3.05) is 18.5 Å². The minimum absolute atomic E-state index is 0.0369. The van der Waals surface area contributed by atoms with E-state index >= 15 is 0 Å². The van der Waals surface area contributed by atoms with Gasteiger partial charge in [0.1, 0.15) is 0 Å². The molecule has 0 spiro atoms. The topological polar surface area (TPSA) is 68.2 Å². The first-order valence-electron chi connectivity index (χ1n) is 7.47. The van der Waals surface area contributed by atoms with Gasteiger partial charge >= 0.3 is 0 Å². The maximum Gasteiger partial charge on any atom is 0.225 e. The minimum Gasteiger partial charge on any atom is -0.376 e. The first kappa shape index (κ1) is 13.6. The highest BCUT2D eigenvalue weighted by Gasteiger charge is 2.20. The Morgan fingerprint density at radius 2 is 2.35 bits per heavy atom. The van der Waals surface area contributed by atoms with Gasteiger partial charge in [0, 0.05) is 31.8 Å². The average molecular weight is 278 g/mol. The van der Waals surface area contributed by atoms with Gasteiger partial charge in [-0.1, -0.05) is 0 Å². The van der Waals surface area contributed by atoms with Gasteiger partial charge in [0.15, 0.2) is 0 Å². The van der Waals surface area contributed by atoms with Gasteiger partial charge in [0.25, 0.3) is 0 Å². The van der Waals surface area contributed by atoms with Crippen molar-refractivity contribution in [1.82, 2.24) is 15.1 Å². The van der Waals surface area contributed by atoms with Gasteiger partial charge in [0.2, 0.25) is 5.91 Å². The van der Waals surface area contributed by atoms with E-state index in [1.807, 2.05) is 10.9 Å². The molecule has 1 atom stereocenters. The molecule has 6 heteroatoms. The van der Waals surface area contributed by atoms with Crippen molar-refractivity contribution >= 4 is 11.6 Å². The lowest BCUT2D eigenvalue weighted by Crippen LogP contribution is -2.23. The van der Waals surface area contributed by atoms with E-state index < -0.39 is 0 Å². The average Bonchev–Trinajstić information content (AvgIpc) is 2.92. The monoisotopic (exact) mass is 278 g/mol. The third-order valence-electron chi connectivity index (χ3n) is 3.69. The van der Waals surface area contributed by atoms with Crippen LogP contribution in [0.15, 0.2) is 12.4 Å². The molecule has 1 aliphatic carbocycles. The quantitative estimate of drug-likeness (QED) is 0.785. The Morgan fingerprint density at radius 3 is 3.10 bits per heavy atom. The summed E-state index contributed by atoms with van der Waals surface area (Å²) in [6.45, 7) is 2.36. The van der Waals surface area contributed by atoms with E-state index in [-0.39, 0.29) is 12.0 Å². The van der Waals surface area contributed by atoms with E-state index in [4.69, 9.17) is 4.74 Å². The van der Waals surface area contributed by atoms with Gasteiger partial charge in [-0.25, -0.2) is 0 Å². The molecular formula is C14H22N4O2. The van der Waals surface area contributed by atoms with Crippen molar-refractivity contribution in [3.05, 3.63) is 12.4 Å². The molecule has 110 valence electrons. The zero-order valence-electron chi connectivity index (χ0n) is 11.7. The standard InChI is InChI=1S/C14H22N4O2/c19-14(5-6-15-11-3-4-11)17-12-8-16-18(9-12)10-13-2-1-7-20-13/h8-9,11,13,15H,1-7,10H2,(H,17,19). The minimum atomic E-state index is 0.0369. The largest absolute Gasteiger partial charge is 0.376 e. The van der Waals surface area contributed by atoms with Crippen LogP contribution in [0.1, 0.15) is 32.1 Å². The molecule has 20 heavy (non-hydrogen) atoms. The maximum atomic E-state index is 11.8. The summed E-state index contributed by atoms with van der Waals surface area (Å²) in [5, 5.41) is 10.5. The second kappa shape index (κ2) is 6.37. The molecule has 1 aliphatic heterocycles. The van der Waals surface area contributed by atoms with E-state index in [0.29, 0.717) is 12.5 Å². The number of hydrogen-bond acceptors (Lipinski definition) is 4. The summed E-state index contributed by atoms with van der Waals surface area (Å²) < 4.78 is 7.41. The molecule has 1 amide bonds. The van der Waals surface area contributed by atoms with E-state index in [9.17, 15) is 4.79 Å². The Balaban J connectivity index is 1.40. The van der Waals surface area contributed by atoms with Crippen molar-refractivity contribution in [1.29, 1.82) is 0 Å². The number of nitrogens with zero attached hydrogens (tertiary/aromatic N) is 2. The number of carbonyl (C=O) groups is 1. The lowest BCUT2D eigenvalue weighted by molar-refractivity contribution is -0.116. The van der Waals surface area contributed by atoms with Gasteiger partial charge in [-0.15, -0.1) is 0 Å². The zero-order valence-corrected chi connectivity index (χ0v) is 11.7. The van der Waals surface area contributed by atoms with Crippen molar-refractivity contribution in [2.45, 2.75) is 50.8 Å². The molecule has 1 aromatic heterocycles. The zero-order chi connectivity index (χ0) is 13.8. The third-order valence-corrected chi connectivity index (χ3v) is 3.69. The lowest BCUT2D eigenvalue weighted by Gasteiger charge is -2.08. The summed E-state index contributed by atoms with van der Waals surface area (Å²) >= 11 is 0. The highest BCUT2D eigenvalue weighted by Crippen LogP contribution is 2.18. The molecule has 3 rings (SSSR count). The van der Waals surface area contributed by atoms with Crippen LogP contribution in [0.4, 0.5) is 5.69 Å². The van der Waals surface area contributed by atoms with Crippen molar-refractivity contribution in [2.24, 2.45) is 0 Å². The van der Waals surface area contributed by atoms with E-state index in [1.54, 1.807) is 6.20 Å². The number of rotatable bonds is 7. The summed E-state index contributed by atoms with van der Waals surface area (Å²) in [5.41, 5.74) is 0.763. The van der Waals surface area contributed by atoms with Crippen molar-refractivity contribution < 1.29 is 9.53 Å². The number of amides is 1. The van der Waals surface area contributed by atoms with Gasteiger partial charge < -0.3 is 15.4 Å². The third kappa shape index (κ3) is 4.05. The number of hydrogen-bond donors (Lipinski definition) is 2. The lowest BCUT2D eigenvalue weighted by atomic mass is 10.2. The van der Waals surface area contributed by atoms with Crippen LogP contribution in [0.3, 0.4) is 0 Å². The fourth-order valence-corrected chi connectivity index (χ4v) is 2.43. The van der Waals surface area contributed by atoms with Gasteiger partial charge in [-0.3, -0.25) is 9.48 Å². The Labute approximate surface area is 118 Å². The molecule has 2 heterocycles. The summed E-state index contributed by atoms with van der Waals surface area (Å²) in [5.74, 6) is 0.0369. The van der Waals surface area contributed by atoms with Crippen LogP contribution >= 0.6 is 0 Å². The number of carbonyl (C=O) groups excluding carboxylic acids is 1. The second-order valence-electron chi connectivity index (χ2n) is 5.61. The smallest absolute Gasteiger partial charge is 0.225 e. The molecule has 0 aromatic carbocycles. The molecule has 0 radical (unpaired) electrons. The van der Waals surface area contributed by atoms with Crippen LogP contribution < -0.4 is 10.6 Å². The molecule has 0 bridgehead atoms. The maximum absolute atomic E-state index is 11.8. The summed E-state index contributed by atoms with van der Waals surface area (Å²) in [4.78, 5) is 11.8. The van der Waals surface area contributed by atoms with E-state index in [2.05, 4.69) is 15.7 Å². The number of nitrogens with one attached hydrogen (secondary N) is 2. The Morgan fingerprint density at radius 1 is 1.45 bits per heavy atom. The summed E-state index contributed by atoms with van der Waals surface area (Å²) in [6, 6.07) is 0.650. The van der Waals surface area contributed by atoms with Crippen LogP contribution in [0.5, 0.6) is 0 Å². The highest BCUT2D eigenvalue weighted by atomic mass is 16.5. The summed E-state index contributed by atoms with van der Waals surface area (Å²) in [6.07, 6.45) is 9.05. The van der Waals surface area contributed by atoms with Crippen LogP contribution in [-0.2, 0) is 16.1 Å². The fourth-order valence-electron chi connectivity index (χ4n) is 2.43. The number of ether oxygens (including phenoxy) is 1. The predicted molar refractivity (Wildman–Crippen MR) is 75.5 cm³/mol. The molecule has 1 saturated carbocycles. The molecule has 6 nitrogen and oxygen atoms in total. The van der Waals surface area contributed by atoms with Crippen LogP contribution in [0, 0.1) is 0 Å². The first-order chi connectivity index (χ1) is 9.79. The fraction of sp³-hybridized carbons (Fsp3) is 0.714. The van der Waals surface area contributed by atoms with Crippen LogP contribution in [0.2, 0.25) is 0 Å². The second-order valence-corrected chi connectivity index (χ2v) is 5.61. The molecule has 1 unspecified atom stereocenters. The Hall–Kier alpha value is -1.40. The van der Waals surface area contributed by atoms with Crippen molar-refractivity contribution in [3.8, 4) is 0 Å². The van der Waals surface area contributed by atoms with Gasteiger partial charge in [-0.2, -0.15) is 5.10 Å². The van der Waals surface area contributed by atoms with Crippen LogP contribution in [0.25, 0.3) is 0 Å². The van der Waals surface area contributed by atoms with Crippen molar-refractivity contribution in [3.63, 3.8) is 0 Å². The molecular weight excluding hydrogens is 256 g/mol. The summed E-state index contributed by atoms with van der Waals surface area (Å²) in [7, 11) is 0. The van der Waals surface area contributed by atoms with E-state index in [0.717, 1.165) is 38.2 Å². The Bertz CT molecular complexity index is 450.